The first-order chi connectivity index (χ1) is 16.1. The molecular formula is C25H19N3O4S. The number of carbonyl (C=O) groups is 1. The van der Waals surface area contributed by atoms with Crippen LogP contribution in [0.4, 0.5) is 5.69 Å². The molecule has 0 bridgehead atoms. The number of nitrogens with one attached hydrogen (secondary N) is 1. The van der Waals surface area contributed by atoms with Crippen molar-refractivity contribution in [2.45, 2.75) is 5.16 Å². The zero-order chi connectivity index (χ0) is 22.8. The normalized spacial score (nSPS) is 11.1. The molecule has 1 amide bonds. The number of hydrogen-bond donors (Lipinski definition) is 1. The number of hydrogen-bond acceptors (Lipinski definition) is 6. The highest BCUT2D eigenvalue weighted by Crippen LogP contribution is 2.28. The van der Waals surface area contributed by atoms with Gasteiger partial charge in [0.2, 0.25) is 11.5 Å². The minimum absolute atomic E-state index is 0.0672. The summed E-state index contributed by atoms with van der Waals surface area (Å²) in [6.07, 6.45) is 0. The molecule has 0 spiro atoms. The van der Waals surface area contributed by atoms with Crippen LogP contribution in [-0.2, 0) is 4.79 Å². The summed E-state index contributed by atoms with van der Waals surface area (Å²) in [5.74, 6) is 0.495. The van der Waals surface area contributed by atoms with Gasteiger partial charge in [-0.05, 0) is 36.4 Å². The predicted octanol–water partition coefficient (Wildman–Crippen LogP) is 4.87. The van der Waals surface area contributed by atoms with Gasteiger partial charge in [0.1, 0.15) is 16.8 Å². The number of fused-ring (bicyclic) bond motifs is 3. The van der Waals surface area contributed by atoms with Gasteiger partial charge in [0.25, 0.3) is 0 Å². The molecule has 0 saturated carbocycles. The molecule has 0 radical (unpaired) electrons. The molecule has 2 aromatic heterocycles. The molecule has 5 rings (SSSR count). The second-order valence-electron chi connectivity index (χ2n) is 7.22. The first kappa shape index (κ1) is 20.8. The van der Waals surface area contributed by atoms with E-state index in [1.54, 1.807) is 37.4 Å². The van der Waals surface area contributed by atoms with E-state index in [4.69, 9.17) is 14.1 Å². The fourth-order valence-corrected chi connectivity index (χ4v) is 4.36. The summed E-state index contributed by atoms with van der Waals surface area (Å²) in [7, 11) is 1.57. The van der Waals surface area contributed by atoms with Gasteiger partial charge in [-0.2, -0.15) is 0 Å². The topological polar surface area (TPSA) is 86.4 Å². The van der Waals surface area contributed by atoms with Crippen LogP contribution in [0.2, 0.25) is 0 Å². The maximum Gasteiger partial charge on any atom is 0.302 e. The number of thioether (sulfide) groups is 1. The standard InChI is InChI=1S/C25H19N3O4S/c1-31-18-11-7-8-16(14-18)26-21(29)15-33-25-27-22-19-12-5-6-13-20(19)32-23(22)24(30)28(25)17-9-3-2-4-10-17/h2-14H,15H2,1H3,(H,26,29). The summed E-state index contributed by atoms with van der Waals surface area (Å²) in [6.45, 7) is 0. The van der Waals surface area contributed by atoms with Crippen LogP contribution in [0.15, 0.2) is 93.2 Å². The average Bonchev–Trinajstić information content (AvgIpc) is 3.22. The van der Waals surface area contributed by atoms with Crippen LogP contribution in [0.25, 0.3) is 27.8 Å². The summed E-state index contributed by atoms with van der Waals surface area (Å²) in [5.41, 5.74) is 2.22. The Labute approximate surface area is 193 Å². The van der Waals surface area contributed by atoms with Crippen LogP contribution in [0, 0.1) is 0 Å². The van der Waals surface area contributed by atoms with E-state index in [1.807, 2.05) is 48.5 Å². The van der Waals surface area contributed by atoms with Crippen LogP contribution in [0.1, 0.15) is 0 Å². The largest absolute Gasteiger partial charge is 0.497 e. The molecule has 5 aromatic rings. The first-order valence-corrected chi connectivity index (χ1v) is 11.2. The molecule has 3 aromatic carbocycles. The Morgan fingerprint density at radius 2 is 1.85 bits per heavy atom. The van der Waals surface area contributed by atoms with E-state index >= 15 is 0 Å². The molecule has 1 N–H and O–H groups in total. The van der Waals surface area contributed by atoms with Crippen LogP contribution in [0.5, 0.6) is 5.75 Å². The maximum atomic E-state index is 13.4. The number of furan rings is 1. The number of nitrogens with zero attached hydrogens (tertiary/aromatic N) is 2. The molecule has 0 unspecified atom stereocenters. The highest BCUT2D eigenvalue weighted by molar-refractivity contribution is 7.99. The molecule has 0 aliphatic rings. The van der Waals surface area contributed by atoms with E-state index in [2.05, 4.69) is 5.32 Å². The highest BCUT2D eigenvalue weighted by Gasteiger charge is 2.19. The number of carbonyl (C=O) groups excluding carboxylic acids is 1. The van der Waals surface area contributed by atoms with E-state index in [9.17, 15) is 9.59 Å². The predicted molar refractivity (Wildman–Crippen MR) is 129 cm³/mol. The Morgan fingerprint density at radius 3 is 2.67 bits per heavy atom. The number of benzene rings is 3. The Morgan fingerprint density at radius 1 is 1.06 bits per heavy atom. The number of ether oxygens (including phenoxy) is 1. The molecule has 7 nitrogen and oxygen atoms in total. The van der Waals surface area contributed by atoms with Gasteiger partial charge in [0.15, 0.2) is 5.16 Å². The van der Waals surface area contributed by atoms with Crippen molar-refractivity contribution in [1.29, 1.82) is 0 Å². The van der Waals surface area contributed by atoms with Crippen molar-refractivity contribution in [3.05, 3.63) is 89.2 Å². The number of aromatic nitrogens is 2. The molecule has 0 saturated heterocycles. The second kappa shape index (κ2) is 8.84. The van der Waals surface area contributed by atoms with E-state index < -0.39 is 0 Å². The minimum Gasteiger partial charge on any atom is -0.497 e. The lowest BCUT2D eigenvalue weighted by molar-refractivity contribution is -0.113. The van der Waals surface area contributed by atoms with Crippen molar-refractivity contribution in [1.82, 2.24) is 9.55 Å². The summed E-state index contributed by atoms with van der Waals surface area (Å²) >= 11 is 1.19. The summed E-state index contributed by atoms with van der Waals surface area (Å²) < 4.78 is 12.5. The second-order valence-corrected chi connectivity index (χ2v) is 8.16. The zero-order valence-electron chi connectivity index (χ0n) is 17.6. The first-order valence-electron chi connectivity index (χ1n) is 10.2. The van der Waals surface area contributed by atoms with Gasteiger partial charge in [-0.25, -0.2) is 4.98 Å². The lowest BCUT2D eigenvalue weighted by Crippen LogP contribution is -2.22. The third-order valence-corrected chi connectivity index (χ3v) is 6.00. The van der Waals surface area contributed by atoms with Crippen molar-refractivity contribution in [3.63, 3.8) is 0 Å². The lowest BCUT2D eigenvalue weighted by Gasteiger charge is -2.12. The van der Waals surface area contributed by atoms with Gasteiger partial charge in [-0.3, -0.25) is 14.2 Å². The van der Waals surface area contributed by atoms with Gasteiger partial charge in [-0.15, -0.1) is 0 Å². The number of methoxy groups -OCH3 is 1. The van der Waals surface area contributed by atoms with E-state index in [1.165, 1.54) is 16.3 Å². The molecule has 2 heterocycles. The van der Waals surface area contributed by atoms with Gasteiger partial charge >= 0.3 is 5.56 Å². The summed E-state index contributed by atoms with van der Waals surface area (Å²) in [6, 6.07) is 23.7. The van der Waals surface area contributed by atoms with Crippen LogP contribution in [0.3, 0.4) is 0 Å². The Balaban J connectivity index is 1.52. The number of para-hydroxylation sites is 2. The van der Waals surface area contributed by atoms with Gasteiger partial charge in [0.05, 0.1) is 18.6 Å². The van der Waals surface area contributed by atoms with E-state index in [-0.39, 0.29) is 22.8 Å². The number of amides is 1. The third kappa shape index (κ3) is 4.08. The molecular weight excluding hydrogens is 438 g/mol. The van der Waals surface area contributed by atoms with E-state index in [0.29, 0.717) is 33.4 Å². The lowest BCUT2D eigenvalue weighted by atomic mass is 10.2. The molecule has 33 heavy (non-hydrogen) atoms. The number of anilines is 1. The smallest absolute Gasteiger partial charge is 0.302 e. The van der Waals surface area contributed by atoms with Crippen molar-refractivity contribution in [2.24, 2.45) is 0 Å². The Bertz CT molecular complexity index is 1530. The van der Waals surface area contributed by atoms with Crippen molar-refractivity contribution >= 4 is 45.4 Å². The quantitative estimate of drug-likeness (QED) is 0.289. The van der Waals surface area contributed by atoms with E-state index in [0.717, 1.165) is 5.39 Å². The molecule has 0 atom stereocenters. The summed E-state index contributed by atoms with van der Waals surface area (Å²) in [5, 5.41) is 4.01. The molecule has 0 aliphatic heterocycles. The number of rotatable bonds is 6. The molecule has 0 fully saturated rings. The Hall–Kier alpha value is -4.04. The van der Waals surface area contributed by atoms with Gasteiger partial charge in [0, 0.05) is 17.1 Å². The van der Waals surface area contributed by atoms with Crippen LogP contribution in [-0.4, -0.2) is 28.3 Å². The third-order valence-electron chi connectivity index (χ3n) is 5.07. The highest BCUT2D eigenvalue weighted by atomic mass is 32.2. The van der Waals surface area contributed by atoms with Crippen LogP contribution < -0.4 is 15.6 Å². The zero-order valence-corrected chi connectivity index (χ0v) is 18.5. The average molecular weight is 458 g/mol. The molecule has 0 aliphatic carbocycles. The van der Waals surface area contributed by atoms with Crippen molar-refractivity contribution < 1.29 is 13.9 Å². The monoisotopic (exact) mass is 457 g/mol. The van der Waals surface area contributed by atoms with Crippen LogP contribution >= 0.6 is 11.8 Å². The molecule has 164 valence electrons. The molecule has 8 heteroatoms. The van der Waals surface area contributed by atoms with Gasteiger partial charge in [-0.1, -0.05) is 48.2 Å². The fraction of sp³-hybridized carbons (Fsp3) is 0.0800. The Kier molecular flexibility index (Phi) is 5.58. The maximum absolute atomic E-state index is 13.4. The van der Waals surface area contributed by atoms with Crippen molar-refractivity contribution in [2.75, 3.05) is 18.2 Å². The van der Waals surface area contributed by atoms with Crippen molar-refractivity contribution in [3.8, 4) is 11.4 Å². The minimum atomic E-state index is -0.321. The SMILES string of the molecule is COc1cccc(NC(=O)CSc2nc3c(oc4ccccc43)c(=O)n2-c2ccccc2)c1. The summed E-state index contributed by atoms with van der Waals surface area (Å²) in [4.78, 5) is 30.8. The fourth-order valence-electron chi connectivity index (χ4n) is 3.55. The van der Waals surface area contributed by atoms with Gasteiger partial charge < -0.3 is 14.5 Å².